The number of hydrogen-bond acceptors (Lipinski definition) is 4. The Balaban J connectivity index is 2.09. The monoisotopic (exact) mass is 284 g/mol. The molecule has 0 bridgehead atoms. The first-order valence-corrected chi connectivity index (χ1v) is 7.10. The van der Waals surface area contributed by atoms with Crippen LogP contribution in [-0.2, 0) is 6.61 Å². The zero-order chi connectivity index (χ0) is 13.7. The number of aliphatic hydroxyl groups is 2. The molecule has 1 aliphatic heterocycles. The topological polar surface area (TPSA) is 46.9 Å². The minimum absolute atomic E-state index is 0.00669. The van der Waals surface area contributed by atoms with Crippen molar-refractivity contribution in [2.75, 3.05) is 44.2 Å². The number of hydrogen-bond donors (Lipinski definition) is 2. The number of aliphatic hydroxyl groups excluding tert-OH is 2. The first-order chi connectivity index (χ1) is 9.24. The quantitative estimate of drug-likeness (QED) is 0.876. The van der Waals surface area contributed by atoms with E-state index in [9.17, 15) is 5.11 Å². The van der Waals surface area contributed by atoms with E-state index >= 15 is 0 Å². The average Bonchev–Trinajstić information content (AvgIpc) is 2.65. The molecule has 0 saturated carbocycles. The van der Waals surface area contributed by atoms with Gasteiger partial charge in [-0.3, -0.25) is 4.90 Å². The number of β-amino-alcohol motifs (C(OH)–C–C–N with tert-alkyl or cyclic N) is 1. The molecule has 5 heteroatoms. The highest BCUT2D eigenvalue weighted by atomic mass is 35.5. The second kappa shape index (κ2) is 7.10. The first kappa shape index (κ1) is 14.6. The van der Waals surface area contributed by atoms with Gasteiger partial charge in [0.05, 0.1) is 13.2 Å². The van der Waals surface area contributed by atoms with E-state index in [-0.39, 0.29) is 13.2 Å². The summed E-state index contributed by atoms with van der Waals surface area (Å²) in [4.78, 5) is 4.56. The van der Waals surface area contributed by atoms with Crippen LogP contribution in [0.4, 0.5) is 5.69 Å². The van der Waals surface area contributed by atoms with Crippen molar-refractivity contribution in [3.8, 4) is 0 Å². The summed E-state index contributed by atoms with van der Waals surface area (Å²) < 4.78 is 0. The highest BCUT2D eigenvalue weighted by molar-refractivity contribution is 6.30. The van der Waals surface area contributed by atoms with Crippen LogP contribution >= 0.6 is 11.6 Å². The van der Waals surface area contributed by atoms with E-state index in [1.54, 1.807) is 0 Å². The smallest absolute Gasteiger partial charge is 0.0702 e. The van der Waals surface area contributed by atoms with Crippen molar-refractivity contribution in [3.63, 3.8) is 0 Å². The van der Waals surface area contributed by atoms with Gasteiger partial charge in [-0.1, -0.05) is 11.6 Å². The van der Waals surface area contributed by atoms with Crippen LogP contribution in [0.5, 0.6) is 0 Å². The van der Waals surface area contributed by atoms with E-state index in [1.807, 2.05) is 18.2 Å². The standard InChI is InChI=1S/C14H21ClN2O2/c15-13-2-3-14(12(10-13)11-19)17-5-1-4-16(6-7-17)8-9-18/h2-3,10,18-19H,1,4-9,11H2. The SMILES string of the molecule is OCCN1CCCN(c2ccc(Cl)cc2CO)CC1. The minimum Gasteiger partial charge on any atom is -0.395 e. The van der Waals surface area contributed by atoms with Crippen molar-refractivity contribution in [3.05, 3.63) is 28.8 Å². The molecular formula is C14H21ClN2O2. The van der Waals surface area contributed by atoms with Gasteiger partial charge in [-0.2, -0.15) is 0 Å². The van der Waals surface area contributed by atoms with Gasteiger partial charge < -0.3 is 15.1 Å². The number of nitrogens with zero attached hydrogens (tertiary/aromatic N) is 2. The Labute approximate surface area is 119 Å². The lowest BCUT2D eigenvalue weighted by Crippen LogP contribution is -2.32. The van der Waals surface area contributed by atoms with Gasteiger partial charge >= 0.3 is 0 Å². The fraction of sp³-hybridized carbons (Fsp3) is 0.571. The lowest BCUT2D eigenvalue weighted by Gasteiger charge is -2.25. The third kappa shape index (κ3) is 3.83. The first-order valence-electron chi connectivity index (χ1n) is 6.72. The summed E-state index contributed by atoms with van der Waals surface area (Å²) in [6, 6.07) is 5.68. The lowest BCUT2D eigenvalue weighted by atomic mass is 10.1. The van der Waals surface area contributed by atoms with Crippen LogP contribution in [0.15, 0.2) is 18.2 Å². The second-order valence-electron chi connectivity index (χ2n) is 4.84. The minimum atomic E-state index is 0.00669. The van der Waals surface area contributed by atoms with Crippen LogP contribution in [0.3, 0.4) is 0 Å². The molecule has 2 rings (SSSR count). The maximum atomic E-state index is 9.45. The Morgan fingerprint density at radius 3 is 2.68 bits per heavy atom. The van der Waals surface area contributed by atoms with Crippen molar-refractivity contribution in [1.29, 1.82) is 0 Å². The molecule has 0 amide bonds. The highest BCUT2D eigenvalue weighted by Gasteiger charge is 2.16. The molecule has 4 nitrogen and oxygen atoms in total. The molecule has 0 aromatic heterocycles. The van der Waals surface area contributed by atoms with E-state index in [0.29, 0.717) is 5.02 Å². The Morgan fingerprint density at radius 2 is 1.95 bits per heavy atom. The predicted octanol–water partition coefficient (Wildman–Crippen LogP) is 1.34. The molecule has 1 aromatic rings. The summed E-state index contributed by atoms with van der Waals surface area (Å²) in [6.45, 7) is 4.79. The van der Waals surface area contributed by atoms with Gasteiger partial charge in [-0.25, -0.2) is 0 Å². The molecule has 0 unspecified atom stereocenters. The summed E-state index contributed by atoms with van der Waals surface area (Å²) in [5.74, 6) is 0. The molecule has 1 saturated heterocycles. The van der Waals surface area contributed by atoms with Crippen molar-refractivity contribution >= 4 is 17.3 Å². The van der Waals surface area contributed by atoms with E-state index in [4.69, 9.17) is 16.7 Å². The molecule has 0 atom stereocenters. The van der Waals surface area contributed by atoms with Crippen LogP contribution in [0.25, 0.3) is 0 Å². The van der Waals surface area contributed by atoms with Crippen molar-refractivity contribution < 1.29 is 10.2 Å². The van der Waals surface area contributed by atoms with Gasteiger partial charge in [0.1, 0.15) is 0 Å². The highest BCUT2D eigenvalue weighted by Crippen LogP contribution is 2.25. The molecule has 0 radical (unpaired) electrons. The summed E-state index contributed by atoms with van der Waals surface area (Å²) >= 11 is 5.97. The third-order valence-corrected chi connectivity index (χ3v) is 3.79. The number of halogens is 1. The summed E-state index contributed by atoms with van der Waals surface area (Å²) in [5.41, 5.74) is 1.95. The molecule has 106 valence electrons. The molecule has 0 spiro atoms. The van der Waals surface area contributed by atoms with Gasteiger partial charge in [0.15, 0.2) is 0 Å². The normalized spacial score (nSPS) is 17.5. The summed E-state index contributed by atoms with van der Waals surface area (Å²) in [6.07, 6.45) is 1.06. The molecule has 0 aliphatic carbocycles. The van der Waals surface area contributed by atoms with Gasteiger partial charge in [0.2, 0.25) is 0 Å². The molecule has 19 heavy (non-hydrogen) atoms. The Morgan fingerprint density at radius 1 is 1.11 bits per heavy atom. The largest absolute Gasteiger partial charge is 0.395 e. The van der Waals surface area contributed by atoms with Crippen molar-refractivity contribution in [2.24, 2.45) is 0 Å². The maximum absolute atomic E-state index is 9.45. The Kier molecular flexibility index (Phi) is 5.45. The molecule has 1 aliphatic rings. The van der Waals surface area contributed by atoms with Crippen LogP contribution in [0.1, 0.15) is 12.0 Å². The lowest BCUT2D eigenvalue weighted by molar-refractivity contribution is 0.204. The summed E-state index contributed by atoms with van der Waals surface area (Å²) in [7, 11) is 0. The molecule has 1 fully saturated rings. The summed E-state index contributed by atoms with van der Waals surface area (Å²) in [5, 5.41) is 19.1. The fourth-order valence-electron chi connectivity index (χ4n) is 2.57. The van der Waals surface area contributed by atoms with E-state index in [2.05, 4.69) is 9.80 Å². The van der Waals surface area contributed by atoms with Gasteiger partial charge in [-0.15, -0.1) is 0 Å². The van der Waals surface area contributed by atoms with Crippen molar-refractivity contribution in [2.45, 2.75) is 13.0 Å². The molecule has 2 N–H and O–H groups in total. The Bertz CT molecular complexity index is 414. The van der Waals surface area contributed by atoms with Crippen LogP contribution in [0.2, 0.25) is 5.02 Å². The number of anilines is 1. The second-order valence-corrected chi connectivity index (χ2v) is 5.27. The van der Waals surface area contributed by atoms with Crippen molar-refractivity contribution in [1.82, 2.24) is 4.90 Å². The predicted molar refractivity (Wildman–Crippen MR) is 77.7 cm³/mol. The van der Waals surface area contributed by atoms with Gasteiger partial charge in [0.25, 0.3) is 0 Å². The van der Waals surface area contributed by atoms with Crippen LogP contribution < -0.4 is 4.90 Å². The fourth-order valence-corrected chi connectivity index (χ4v) is 2.76. The van der Waals surface area contributed by atoms with Crippen LogP contribution in [-0.4, -0.2) is 54.4 Å². The molecule has 1 aromatic carbocycles. The van der Waals surface area contributed by atoms with Gasteiger partial charge in [-0.05, 0) is 31.2 Å². The number of rotatable bonds is 4. The average molecular weight is 285 g/mol. The molecule has 1 heterocycles. The Hall–Kier alpha value is -0.810. The zero-order valence-corrected chi connectivity index (χ0v) is 11.8. The maximum Gasteiger partial charge on any atom is 0.0702 e. The number of benzene rings is 1. The van der Waals surface area contributed by atoms with Gasteiger partial charge in [0, 0.05) is 42.5 Å². The van der Waals surface area contributed by atoms with E-state index in [0.717, 1.165) is 50.4 Å². The van der Waals surface area contributed by atoms with E-state index < -0.39 is 0 Å². The molecular weight excluding hydrogens is 264 g/mol. The van der Waals surface area contributed by atoms with Crippen LogP contribution in [0, 0.1) is 0 Å². The van der Waals surface area contributed by atoms with E-state index in [1.165, 1.54) is 0 Å². The zero-order valence-electron chi connectivity index (χ0n) is 11.1. The third-order valence-electron chi connectivity index (χ3n) is 3.56.